The highest BCUT2D eigenvalue weighted by atomic mass is 16.3. The van der Waals surface area contributed by atoms with Crippen LogP contribution in [0.2, 0.25) is 0 Å². The van der Waals surface area contributed by atoms with Crippen molar-refractivity contribution in [2.24, 2.45) is 0 Å². The molecule has 1 amide bonds. The van der Waals surface area contributed by atoms with E-state index < -0.39 is 0 Å². The number of carbonyl (C=O) groups excluding carboxylic acids is 1. The van der Waals surface area contributed by atoms with E-state index in [4.69, 9.17) is 9.97 Å². The van der Waals surface area contributed by atoms with Gasteiger partial charge in [0.25, 0.3) is 5.91 Å². The third kappa shape index (κ3) is 3.72. The minimum Gasteiger partial charge on any atom is -0.396 e. The number of nitrogens with zero attached hydrogens (tertiary/aromatic N) is 3. The molecule has 0 saturated heterocycles. The van der Waals surface area contributed by atoms with Crippen molar-refractivity contribution >= 4 is 16.8 Å². The van der Waals surface area contributed by atoms with Gasteiger partial charge in [-0.05, 0) is 67.9 Å². The Hall–Kier alpha value is -2.79. The maximum Gasteiger partial charge on any atom is 0.255 e. The number of rotatable bonds is 6. The minimum atomic E-state index is -0.0912. The third-order valence-electron chi connectivity index (χ3n) is 7.76. The van der Waals surface area contributed by atoms with Crippen molar-refractivity contribution in [3.05, 3.63) is 70.7 Å². The van der Waals surface area contributed by atoms with Crippen LogP contribution in [0.15, 0.2) is 42.7 Å². The first-order valence-electron chi connectivity index (χ1n) is 12.5. The number of carbonyl (C=O) groups is 1. The lowest BCUT2D eigenvalue weighted by atomic mass is 9.91. The summed E-state index contributed by atoms with van der Waals surface area (Å²) in [5.41, 5.74) is 6.19. The molecular weight excluding hydrogens is 410 g/mol. The van der Waals surface area contributed by atoms with Crippen LogP contribution in [0.1, 0.15) is 96.1 Å². The molecule has 2 fully saturated rings. The van der Waals surface area contributed by atoms with Crippen LogP contribution < -0.4 is 0 Å². The summed E-state index contributed by atoms with van der Waals surface area (Å²) in [6, 6.07) is 10.7. The molecule has 1 aromatic carbocycles. The summed E-state index contributed by atoms with van der Waals surface area (Å²) < 4.78 is 0. The summed E-state index contributed by atoms with van der Waals surface area (Å²) in [6.45, 7) is 0.0652. The van der Waals surface area contributed by atoms with Gasteiger partial charge in [-0.2, -0.15) is 0 Å². The fourth-order valence-corrected chi connectivity index (χ4v) is 5.98. The van der Waals surface area contributed by atoms with Crippen molar-refractivity contribution in [2.45, 2.75) is 75.8 Å². The maximum atomic E-state index is 13.8. The smallest absolute Gasteiger partial charge is 0.255 e. The standard InChI is InChI=1S/C28H31N3O2/c32-14-12-25-26-23(28(33)31(25)21-5-2-1-3-6-21)16-20(22-7-4-13-29-27(22)26)15-18-8-11-24(30-17-18)19-9-10-19/h4,7-8,11,13,16-17,19,21,25,32H,1-3,5-6,9-10,12,14-15H2. The zero-order chi connectivity index (χ0) is 22.4. The molecule has 0 bridgehead atoms. The average Bonchev–Trinajstić information content (AvgIpc) is 3.66. The number of aliphatic hydroxyl groups is 1. The highest BCUT2D eigenvalue weighted by Crippen LogP contribution is 2.44. The van der Waals surface area contributed by atoms with Gasteiger partial charge in [0.15, 0.2) is 0 Å². The van der Waals surface area contributed by atoms with E-state index in [-0.39, 0.29) is 24.6 Å². The molecule has 0 radical (unpaired) electrons. The molecule has 3 aromatic rings. The van der Waals surface area contributed by atoms with Crippen LogP contribution in [-0.4, -0.2) is 38.5 Å². The first kappa shape index (κ1) is 20.8. The SMILES string of the molecule is O=C1c2cc(Cc3ccc(C4CC4)nc3)c3cccnc3c2C(CCO)N1C1CCCCC1. The van der Waals surface area contributed by atoms with Gasteiger partial charge in [-0.3, -0.25) is 14.8 Å². The molecule has 3 aliphatic rings. The summed E-state index contributed by atoms with van der Waals surface area (Å²) in [5.74, 6) is 0.766. The summed E-state index contributed by atoms with van der Waals surface area (Å²) in [4.78, 5) is 25.3. The largest absolute Gasteiger partial charge is 0.396 e. The van der Waals surface area contributed by atoms with Crippen molar-refractivity contribution in [1.82, 2.24) is 14.9 Å². The van der Waals surface area contributed by atoms with Gasteiger partial charge >= 0.3 is 0 Å². The van der Waals surface area contributed by atoms with E-state index in [2.05, 4.69) is 29.2 Å². The molecule has 1 aliphatic heterocycles. The van der Waals surface area contributed by atoms with Gasteiger partial charge < -0.3 is 10.0 Å². The molecule has 5 nitrogen and oxygen atoms in total. The average molecular weight is 442 g/mol. The molecule has 1 atom stereocenters. The predicted octanol–water partition coefficient (Wildman–Crippen LogP) is 5.31. The van der Waals surface area contributed by atoms with Gasteiger partial charge in [0.1, 0.15) is 0 Å². The topological polar surface area (TPSA) is 66.3 Å². The number of hydrogen-bond acceptors (Lipinski definition) is 4. The lowest BCUT2D eigenvalue weighted by Gasteiger charge is -2.36. The van der Waals surface area contributed by atoms with Crippen LogP contribution in [-0.2, 0) is 6.42 Å². The Morgan fingerprint density at radius 3 is 2.61 bits per heavy atom. The van der Waals surface area contributed by atoms with Crippen molar-refractivity contribution in [2.75, 3.05) is 6.61 Å². The van der Waals surface area contributed by atoms with Gasteiger partial charge in [0, 0.05) is 53.2 Å². The molecule has 3 heterocycles. The van der Waals surface area contributed by atoms with E-state index in [1.54, 1.807) is 0 Å². The van der Waals surface area contributed by atoms with Crippen LogP contribution in [0, 0.1) is 0 Å². The van der Waals surface area contributed by atoms with Gasteiger partial charge in [0.05, 0.1) is 11.6 Å². The van der Waals surface area contributed by atoms with E-state index in [1.807, 2.05) is 18.5 Å². The second kappa shape index (κ2) is 8.53. The second-order valence-electron chi connectivity index (χ2n) is 9.97. The fraction of sp³-hybridized carbons (Fsp3) is 0.464. The molecule has 0 spiro atoms. The summed E-state index contributed by atoms with van der Waals surface area (Å²) >= 11 is 0. The lowest BCUT2D eigenvalue weighted by molar-refractivity contribution is 0.0535. The van der Waals surface area contributed by atoms with Crippen molar-refractivity contribution in [3.8, 4) is 0 Å². The van der Waals surface area contributed by atoms with Crippen molar-refractivity contribution < 1.29 is 9.90 Å². The van der Waals surface area contributed by atoms with Crippen molar-refractivity contribution in [3.63, 3.8) is 0 Å². The molecule has 1 unspecified atom stereocenters. The zero-order valence-corrected chi connectivity index (χ0v) is 19.0. The monoisotopic (exact) mass is 441 g/mol. The third-order valence-corrected chi connectivity index (χ3v) is 7.76. The van der Waals surface area contributed by atoms with E-state index in [1.165, 1.54) is 37.8 Å². The molecule has 6 rings (SSSR count). The Bertz CT molecular complexity index is 1180. The summed E-state index contributed by atoms with van der Waals surface area (Å²) in [6.07, 6.45) is 13.3. The first-order chi connectivity index (χ1) is 16.2. The Kier molecular flexibility index (Phi) is 5.37. The molecule has 2 saturated carbocycles. The molecule has 5 heteroatoms. The molecule has 170 valence electrons. The van der Waals surface area contributed by atoms with Gasteiger partial charge in [-0.25, -0.2) is 0 Å². The van der Waals surface area contributed by atoms with Crippen LogP contribution in [0.25, 0.3) is 10.9 Å². The van der Waals surface area contributed by atoms with Crippen LogP contribution in [0.4, 0.5) is 0 Å². The number of aliphatic hydroxyl groups excluding tert-OH is 1. The molecular formula is C28H31N3O2. The zero-order valence-electron chi connectivity index (χ0n) is 19.0. The van der Waals surface area contributed by atoms with Crippen LogP contribution >= 0.6 is 0 Å². The normalized spacial score (nSPS) is 21.1. The van der Waals surface area contributed by atoms with Crippen LogP contribution in [0.3, 0.4) is 0 Å². The predicted molar refractivity (Wildman–Crippen MR) is 128 cm³/mol. The number of aromatic nitrogens is 2. The van der Waals surface area contributed by atoms with E-state index in [9.17, 15) is 9.90 Å². The van der Waals surface area contributed by atoms with Crippen LogP contribution in [0.5, 0.6) is 0 Å². The number of hydrogen-bond donors (Lipinski definition) is 1. The molecule has 33 heavy (non-hydrogen) atoms. The molecule has 2 aromatic heterocycles. The number of amides is 1. The number of fused-ring (bicyclic) bond motifs is 3. The van der Waals surface area contributed by atoms with Gasteiger partial charge in [0.2, 0.25) is 0 Å². The second-order valence-corrected chi connectivity index (χ2v) is 9.97. The molecule has 1 N–H and O–H groups in total. The van der Waals surface area contributed by atoms with Crippen molar-refractivity contribution in [1.29, 1.82) is 0 Å². The lowest BCUT2D eigenvalue weighted by Crippen LogP contribution is -2.39. The highest BCUT2D eigenvalue weighted by Gasteiger charge is 2.42. The minimum absolute atomic E-state index is 0.0652. The molecule has 2 aliphatic carbocycles. The summed E-state index contributed by atoms with van der Waals surface area (Å²) in [7, 11) is 0. The Labute approximate surface area is 194 Å². The number of pyridine rings is 2. The Balaban J connectivity index is 1.42. The number of benzene rings is 1. The van der Waals surface area contributed by atoms with Gasteiger partial charge in [-0.15, -0.1) is 0 Å². The van der Waals surface area contributed by atoms with Gasteiger partial charge in [-0.1, -0.05) is 31.4 Å². The Morgan fingerprint density at radius 1 is 1.03 bits per heavy atom. The first-order valence-corrected chi connectivity index (χ1v) is 12.5. The fourth-order valence-electron chi connectivity index (χ4n) is 5.98. The van der Waals surface area contributed by atoms with E-state index in [0.29, 0.717) is 12.3 Å². The quantitative estimate of drug-likeness (QED) is 0.563. The van der Waals surface area contributed by atoms with E-state index >= 15 is 0 Å². The Morgan fingerprint density at radius 2 is 1.88 bits per heavy atom. The maximum absolute atomic E-state index is 13.8. The van der Waals surface area contributed by atoms with E-state index in [0.717, 1.165) is 52.4 Å². The highest BCUT2D eigenvalue weighted by molar-refractivity contribution is 6.05. The summed E-state index contributed by atoms with van der Waals surface area (Å²) in [5, 5.41) is 11.0.